The van der Waals surface area contributed by atoms with Crippen molar-refractivity contribution in [3.63, 3.8) is 0 Å². The van der Waals surface area contributed by atoms with E-state index in [2.05, 4.69) is 6.58 Å². The van der Waals surface area contributed by atoms with E-state index in [1.54, 1.807) is 6.08 Å². The van der Waals surface area contributed by atoms with Crippen LogP contribution < -0.4 is 4.74 Å². The van der Waals surface area contributed by atoms with Crippen molar-refractivity contribution in [2.75, 3.05) is 32.8 Å². The number of benzene rings is 1. The fraction of sp³-hybridized carbons (Fsp3) is 0.524. The number of carbonyl (C=O) groups excluding carboxylic acids is 2. The highest BCUT2D eigenvalue weighted by molar-refractivity contribution is 5.78. The second-order valence-corrected chi connectivity index (χ2v) is 7.36. The molecule has 2 fully saturated rings. The molecular formula is C21H28N2O3. The fourth-order valence-corrected chi connectivity index (χ4v) is 3.99. The molecule has 26 heavy (non-hydrogen) atoms. The Balaban J connectivity index is 1.45. The number of amides is 2. The van der Waals surface area contributed by atoms with E-state index in [9.17, 15) is 9.59 Å². The molecule has 1 aromatic carbocycles. The van der Waals surface area contributed by atoms with Crippen molar-refractivity contribution in [3.05, 3.63) is 43.0 Å². The van der Waals surface area contributed by atoms with E-state index >= 15 is 0 Å². The van der Waals surface area contributed by atoms with Gasteiger partial charge in [-0.1, -0.05) is 24.3 Å². The molecule has 2 saturated heterocycles. The van der Waals surface area contributed by atoms with Crippen LogP contribution in [0.2, 0.25) is 0 Å². The van der Waals surface area contributed by atoms with Gasteiger partial charge in [-0.3, -0.25) is 9.59 Å². The third-order valence-corrected chi connectivity index (χ3v) is 5.60. The highest BCUT2D eigenvalue weighted by Crippen LogP contribution is 2.40. The molecule has 1 aromatic rings. The summed E-state index contributed by atoms with van der Waals surface area (Å²) in [6, 6.07) is 9.58. The van der Waals surface area contributed by atoms with Crippen LogP contribution >= 0.6 is 0 Å². The molecule has 0 N–H and O–H groups in total. The molecule has 2 heterocycles. The highest BCUT2D eigenvalue weighted by atomic mass is 16.5. The summed E-state index contributed by atoms with van der Waals surface area (Å²) in [5, 5.41) is 0. The minimum Gasteiger partial charge on any atom is -0.493 e. The van der Waals surface area contributed by atoms with Gasteiger partial charge in [-0.2, -0.15) is 0 Å². The Morgan fingerprint density at radius 3 is 2.62 bits per heavy atom. The van der Waals surface area contributed by atoms with E-state index in [0.717, 1.165) is 44.6 Å². The van der Waals surface area contributed by atoms with E-state index in [1.807, 2.05) is 40.1 Å². The molecule has 0 unspecified atom stereocenters. The summed E-state index contributed by atoms with van der Waals surface area (Å²) in [7, 11) is 0. The first-order valence-electron chi connectivity index (χ1n) is 9.46. The Morgan fingerprint density at radius 2 is 1.92 bits per heavy atom. The van der Waals surface area contributed by atoms with Crippen molar-refractivity contribution in [1.82, 2.24) is 9.80 Å². The topological polar surface area (TPSA) is 49.9 Å². The minimum atomic E-state index is 0.158. The number of hydrogen-bond donors (Lipinski definition) is 0. The Morgan fingerprint density at radius 1 is 1.19 bits per heavy atom. The van der Waals surface area contributed by atoms with Gasteiger partial charge < -0.3 is 14.5 Å². The zero-order chi connectivity index (χ0) is 18.4. The number of ether oxygens (including phenoxy) is 1. The van der Waals surface area contributed by atoms with Crippen LogP contribution in [0.25, 0.3) is 0 Å². The fourth-order valence-electron chi connectivity index (χ4n) is 3.99. The van der Waals surface area contributed by atoms with Gasteiger partial charge in [-0.15, -0.1) is 6.58 Å². The number of likely N-dealkylation sites (tertiary alicyclic amines) is 2. The van der Waals surface area contributed by atoms with Crippen LogP contribution in [0.4, 0.5) is 0 Å². The lowest BCUT2D eigenvalue weighted by Gasteiger charge is -2.47. The first-order chi connectivity index (χ1) is 12.6. The van der Waals surface area contributed by atoms with Gasteiger partial charge in [0.15, 0.2) is 0 Å². The van der Waals surface area contributed by atoms with Gasteiger partial charge in [-0.25, -0.2) is 0 Å². The Hall–Kier alpha value is -2.30. The average Bonchev–Trinajstić information content (AvgIpc) is 2.66. The second kappa shape index (κ2) is 8.39. The Labute approximate surface area is 155 Å². The van der Waals surface area contributed by atoms with E-state index in [0.29, 0.717) is 26.0 Å². The summed E-state index contributed by atoms with van der Waals surface area (Å²) in [5.74, 6) is 1.18. The van der Waals surface area contributed by atoms with Gasteiger partial charge >= 0.3 is 0 Å². The van der Waals surface area contributed by atoms with Crippen LogP contribution in [0.5, 0.6) is 5.75 Å². The quantitative estimate of drug-likeness (QED) is 0.737. The van der Waals surface area contributed by atoms with Crippen LogP contribution in [0.15, 0.2) is 43.0 Å². The molecule has 0 bridgehead atoms. The number of carbonyl (C=O) groups is 2. The third kappa shape index (κ3) is 4.45. The summed E-state index contributed by atoms with van der Waals surface area (Å²) in [5.41, 5.74) is 0.175. The first kappa shape index (κ1) is 18.5. The maximum atomic E-state index is 12.4. The van der Waals surface area contributed by atoms with E-state index in [1.165, 1.54) is 0 Å². The largest absolute Gasteiger partial charge is 0.493 e. The van der Waals surface area contributed by atoms with E-state index in [4.69, 9.17) is 4.74 Å². The Kier molecular flexibility index (Phi) is 5.96. The predicted octanol–water partition coefficient (Wildman–Crippen LogP) is 2.87. The molecule has 5 nitrogen and oxygen atoms in total. The molecule has 0 aromatic heterocycles. The zero-order valence-electron chi connectivity index (χ0n) is 15.4. The first-order valence-corrected chi connectivity index (χ1v) is 9.46. The normalized spacial score (nSPS) is 19.5. The Bertz CT molecular complexity index is 636. The van der Waals surface area contributed by atoms with Crippen molar-refractivity contribution in [1.29, 1.82) is 0 Å². The van der Waals surface area contributed by atoms with Gasteiger partial charge in [0.1, 0.15) is 5.75 Å². The molecule has 0 atom stereocenters. The van der Waals surface area contributed by atoms with Crippen molar-refractivity contribution < 1.29 is 14.3 Å². The lowest BCUT2D eigenvalue weighted by Crippen LogP contribution is -2.52. The average molecular weight is 356 g/mol. The number of nitrogens with zero attached hydrogens (tertiary/aromatic N) is 2. The number of hydrogen-bond acceptors (Lipinski definition) is 3. The van der Waals surface area contributed by atoms with Crippen molar-refractivity contribution in [2.24, 2.45) is 5.41 Å². The van der Waals surface area contributed by atoms with Crippen LogP contribution in [0.1, 0.15) is 32.1 Å². The summed E-state index contributed by atoms with van der Waals surface area (Å²) in [6.45, 7) is 7.14. The van der Waals surface area contributed by atoms with Crippen molar-refractivity contribution in [2.45, 2.75) is 32.1 Å². The lowest BCUT2D eigenvalue weighted by atomic mass is 9.72. The molecule has 0 aliphatic carbocycles. The van der Waals surface area contributed by atoms with Gasteiger partial charge in [0.25, 0.3) is 0 Å². The second-order valence-electron chi connectivity index (χ2n) is 7.36. The summed E-state index contributed by atoms with van der Waals surface area (Å²) in [6.07, 6.45) is 5.70. The zero-order valence-corrected chi connectivity index (χ0v) is 15.4. The monoisotopic (exact) mass is 356 g/mol. The highest BCUT2D eigenvalue weighted by Gasteiger charge is 2.41. The van der Waals surface area contributed by atoms with E-state index in [-0.39, 0.29) is 17.2 Å². The summed E-state index contributed by atoms with van der Waals surface area (Å²) >= 11 is 0. The smallest absolute Gasteiger partial charge is 0.225 e. The maximum Gasteiger partial charge on any atom is 0.225 e. The predicted molar refractivity (Wildman–Crippen MR) is 101 cm³/mol. The molecule has 3 rings (SSSR count). The number of para-hydroxylation sites is 1. The molecule has 1 spiro atoms. The lowest BCUT2D eigenvalue weighted by molar-refractivity contribution is -0.142. The van der Waals surface area contributed by atoms with Crippen LogP contribution in [-0.2, 0) is 9.59 Å². The van der Waals surface area contributed by atoms with Crippen LogP contribution in [-0.4, -0.2) is 54.4 Å². The van der Waals surface area contributed by atoms with Crippen molar-refractivity contribution in [3.8, 4) is 5.75 Å². The molecule has 5 heteroatoms. The van der Waals surface area contributed by atoms with Gasteiger partial charge in [0.2, 0.25) is 11.8 Å². The molecule has 0 radical (unpaired) electrons. The molecule has 2 amide bonds. The summed E-state index contributed by atoms with van der Waals surface area (Å²) in [4.78, 5) is 28.3. The van der Waals surface area contributed by atoms with Gasteiger partial charge in [0.05, 0.1) is 13.0 Å². The molecule has 2 aliphatic rings. The minimum absolute atomic E-state index is 0.158. The van der Waals surface area contributed by atoms with Crippen LogP contribution in [0.3, 0.4) is 0 Å². The molecular weight excluding hydrogens is 328 g/mol. The van der Waals surface area contributed by atoms with E-state index < -0.39 is 0 Å². The molecule has 2 aliphatic heterocycles. The van der Waals surface area contributed by atoms with Crippen LogP contribution in [0, 0.1) is 5.41 Å². The maximum absolute atomic E-state index is 12.4. The number of rotatable bonds is 6. The van der Waals surface area contributed by atoms with Gasteiger partial charge in [0, 0.05) is 32.6 Å². The van der Waals surface area contributed by atoms with Gasteiger partial charge in [-0.05, 0) is 36.8 Å². The summed E-state index contributed by atoms with van der Waals surface area (Å²) < 4.78 is 5.63. The standard InChI is InChI=1S/C21H28N2O3/c1-2-13-23-17-21(10-8-19(23)24)11-14-22(15-12-21)20(25)9-16-26-18-6-4-3-5-7-18/h2-7H,1,8-17H2. The molecule has 0 saturated carbocycles. The SMILES string of the molecule is C=CCN1CC2(CCC1=O)CCN(C(=O)CCOc1ccccc1)CC2. The number of piperidine rings is 2. The van der Waals surface area contributed by atoms with Crippen molar-refractivity contribution >= 4 is 11.8 Å². The third-order valence-electron chi connectivity index (χ3n) is 5.60. The molecule has 140 valence electrons.